The Labute approximate surface area is 108 Å². The van der Waals surface area contributed by atoms with Crippen molar-refractivity contribution in [1.82, 2.24) is 0 Å². The molecule has 0 saturated carbocycles. The molecule has 0 aromatic heterocycles. The van der Waals surface area contributed by atoms with Gasteiger partial charge in [0, 0.05) is 24.3 Å². The molecule has 100 valence electrons. The summed E-state index contributed by atoms with van der Waals surface area (Å²) in [6.45, 7) is 6.15. The first kappa shape index (κ1) is 13.3. The zero-order valence-electron chi connectivity index (χ0n) is 11.0. The van der Waals surface area contributed by atoms with Gasteiger partial charge < -0.3 is 15.4 Å². The SMILES string of the molecule is CC1CN(c2cccc(F)c2CCN)CC(C)O1. The standard InChI is InChI=1S/C14H21FN2O/c1-10-8-17(9-11(2)18-10)14-5-3-4-13(15)12(14)6-7-16/h3-5,10-11H,6-9,16H2,1-2H3. The molecular formula is C14H21FN2O. The third-order valence-corrected chi connectivity index (χ3v) is 3.25. The average Bonchev–Trinajstić information content (AvgIpc) is 2.30. The van der Waals surface area contributed by atoms with E-state index in [4.69, 9.17) is 10.5 Å². The molecule has 2 atom stereocenters. The van der Waals surface area contributed by atoms with Crippen LogP contribution in [0.5, 0.6) is 0 Å². The fourth-order valence-electron chi connectivity index (χ4n) is 2.61. The van der Waals surface area contributed by atoms with Crippen LogP contribution in [0.15, 0.2) is 18.2 Å². The highest BCUT2D eigenvalue weighted by atomic mass is 19.1. The zero-order chi connectivity index (χ0) is 13.1. The Morgan fingerprint density at radius 1 is 1.33 bits per heavy atom. The molecule has 1 aliphatic heterocycles. The molecule has 2 unspecified atom stereocenters. The Balaban J connectivity index is 2.29. The second kappa shape index (κ2) is 5.67. The predicted octanol–water partition coefficient (Wildman–Crippen LogP) is 1.94. The Bertz CT molecular complexity index is 401. The van der Waals surface area contributed by atoms with Crippen molar-refractivity contribution in [2.45, 2.75) is 32.5 Å². The molecule has 1 fully saturated rings. The van der Waals surface area contributed by atoms with Crippen LogP contribution in [0.3, 0.4) is 0 Å². The van der Waals surface area contributed by atoms with Gasteiger partial charge in [-0.05, 0) is 38.9 Å². The lowest BCUT2D eigenvalue weighted by Gasteiger charge is -2.37. The summed E-state index contributed by atoms with van der Waals surface area (Å²) in [4.78, 5) is 2.20. The molecule has 2 rings (SSSR count). The van der Waals surface area contributed by atoms with Gasteiger partial charge in [0.15, 0.2) is 0 Å². The largest absolute Gasteiger partial charge is 0.372 e. The van der Waals surface area contributed by atoms with Gasteiger partial charge in [0.2, 0.25) is 0 Å². The summed E-state index contributed by atoms with van der Waals surface area (Å²) >= 11 is 0. The fraction of sp³-hybridized carbons (Fsp3) is 0.571. The van der Waals surface area contributed by atoms with Gasteiger partial charge in [-0.25, -0.2) is 4.39 Å². The number of morpholine rings is 1. The zero-order valence-corrected chi connectivity index (χ0v) is 11.0. The van der Waals surface area contributed by atoms with Crippen LogP contribution in [0.1, 0.15) is 19.4 Å². The van der Waals surface area contributed by atoms with E-state index in [1.807, 2.05) is 19.9 Å². The van der Waals surface area contributed by atoms with Gasteiger partial charge in [-0.2, -0.15) is 0 Å². The quantitative estimate of drug-likeness (QED) is 0.893. The molecule has 1 saturated heterocycles. The van der Waals surface area contributed by atoms with Crippen molar-refractivity contribution in [3.05, 3.63) is 29.6 Å². The first-order chi connectivity index (χ1) is 8.61. The lowest BCUT2D eigenvalue weighted by atomic mass is 10.1. The monoisotopic (exact) mass is 252 g/mol. The Hall–Kier alpha value is -1.13. The molecule has 1 aromatic rings. The molecule has 18 heavy (non-hydrogen) atoms. The van der Waals surface area contributed by atoms with E-state index >= 15 is 0 Å². The van der Waals surface area contributed by atoms with Gasteiger partial charge in [-0.15, -0.1) is 0 Å². The second-order valence-corrected chi connectivity index (χ2v) is 4.94. The lowest BCUT2D eigenvalue weighted by Crippen LogP contribution is -2.46. The van der Waals surface area contributed by atoms with Crippen molar-refractivity contribution < 1.29 is 9.13 Å². The van der Waals surface area contributed by atoms with E-state index in [1.165, 1.54) is 6.07 Å². The number of hydrogen-bond acceptors (Lipinski definition) is 3. The molecule has 0 spiro atoms. The first-order valence-electron chi connectivity index (χ1n) is 6.49. The van der Waals surface area contributed by atoms with Gasteiger partial charge in [-0.3, -0.25) is 0 Å². The van der Waals surface area contributed by atoms with E-state index in [2.05, 4.69) is 4.90 Å². The van der Waals surface area contributed by atoms with E-state index in [0.717, 1.165) is 24.3 Å². The molecule has 0 radical (unpaired) electrons. The molecule has 1 aromatic carbocycles. The number of nitrogens with zero attached hydrogens (tertiary/aromatic N) is 1. The van der Waals surface area contributed by atoms with Gasteiger partial charge in [-0.1, -0.05) is 6.07 Å². The highest BCUT2D eigenvalue weighted by molar-refractivity contribution is 5.55. The highest BCUT2D eigenvalue weighted by Crippen LogP contribution is 2.26. The minimum Gasteiger partial charge on any atom is -0.372 e. The van der Waals surface area contributed by atoms with E-state index in [-0.39, 0.29) is 18.0 Å². The van der Waals surface area contributed by atoms with E-state index in [1.54, 1.807) is 6.07 Å². The number of benzene rings is 1. The molecule has 0 amide bonds. The average molecular weight is 252 g/mol. The summed E-state index contributed by atoms with van der Waals surface area (Å²) in [5.74, 6) is -0.162. The topological polar surface area (TPSA) is 38.5 Å². The number of nitrogens with two attached hydrogens (primary N) is 1. The van der Waals surface area contributed by atoms with E-state index < -0.39 is 0 Å². The Morgan fingerprint density at radius 3 is 2.61 bits per heavy atom. The van der Waals surface area contributed by atoms with Gasteiger partial charge >= 0.3 is 0 Å². The number of halogens is 1. The van der Waals surface area contributed by atoms with Crippen LogP contribution in [0.2, 0.25) is 0 Å². The van der Waals surface area contributed by atoms with E-state index in [9.17, 15) is 4.39 Å². The van der Waals surface area contributed by atoms with Crippen LogP contribution in [0, 0.1) is 5.82 Å². The van der Waals surface area contributed by atoms with Crippen LogP contribution in [-0.4, -0.2) is 31.8 Å². The Morgan fingerprint density at radius 2 is 2.00 bits per heavy atom. The number of hydrogen-bond donors (Lipinski definition) is 1. The van der Waals surface area contributed by atoms with Gasteiger partial charge in [0.25, 0.3) is 0 Å². The molecule has 2 N–H and O–H groups in total. The molecular weight excluding hydrogens is 231 g/mol. The lowest BCUT2D eigenvalue weighted by molar-refractivity contribution is -0.00528. The first-order valence-corrected chi connectivity index (χ1v) is 6.49. The van der Waals surface area contributed by atoms with Crippen LogP contribution >= 0.6 is 0 Å². The normalized spacial score (nSPS) is 24.3. The van der Waals surface area contributed by atoms with Crippen molar-refractivity contribution in [1.29, 1.82) is 0 Å². The minimum atomic E-state index is -0.162. The summed E-state index contributed by atoms with van der Waals surface area (Å²) in [5.41, 5.74) is 7.26. The number of ether oxygens (including phenoxy) is 1. The summed E-state index contributed by atoms with van der Waals surface area (Å²) < 4.78 is 19.6. The molecule has 0 aliphatic carbocycles. The van der Waals surface area contributed by atoms with Crippen molar-refractivity contribution >= 4 is 5.69 Å². The molecule has 1 heterocycles. The number of anilines is 1. The molecule has 3 nitrogen and oxygen atoms in total. The maximum absolute atomic E-state index is 13.9. The number of rotatable bonds is 3. The third-order valence-electron chi connectivity index (χ3n) is 3.25. The highest BCUT2D eigenvalue weighted by Gasteiger charge is 2.24. The van der Waals surface area contributed by atoms with E-state index in [0.29, 0.717) is 13.0 Å². The van der Waals surface area contributed by atoms with Crippen LogP contribution in [0.4, 0.5) is 10.1 Å². The van der Waals surface area contributed by atoms with Crippen molar-refractivity contribution in [2.75, 3.05) is 24.5 Å². The molecule has 0 bridgehead atoms. The Kier molecular flexibility index (Phi) is 4.19. The predicted molar refractivity (Wildman–Crippen MR) is 71.4 cm³/mol. The maximum atomic E-state index is 13.9. The summed E-state index contributed by atoms with van der Waals surface area (Å²) in [7, 11) is 0. The summed E-state index contributed by atoms with van der Waals surface area (Å²) in [6.07, 6.45) is 0.910. The van der Waals surface area contributed by atoms with Gasteiger partial charge in [0.1, 0.15) is 5.82 Å². The van der Waals surface area contributed by atoms with Crippen LogP contribution < -0.4 is 10.6 Å². The van der Waals surface area contributed by atoms with Crippen molar-refractivity contribution in [2.24, 2.45) is 5.73 Å². The second-order valence-electron chi connectivity index (χ2n) is 4.94. The molecule has 4 heteroatoms. The van der Waals surface area contributed by atoms with Gasteiger partial charge in [0.05, 0.1) is 12.2 Å². The minimum absolute atomic E-state index is 0.162. The van der Waals surface area contributed by atoms with Crippen molar-refractivity contribution in [3.8, 4) is 0 Å². The van der Waals surface area contributed by atoms with Crippen molar-refractivity contribution in [3.63, 3.8) is 0 Å². The smallest absolute Gasteiger partial charge is 0.128 e. The summed E-state index contributed by atoms with van der Waals surface area (Å²) in [5, 5.41) is 0. The molecule has 1 aliphatic rings. The van der Waals surface area contributed by atoms with Crippen LogP contribution in [-0.2, 0) is 11.2 Å². The fourth-order valence-corrected chi connectivity index (χ4v) is 2.61. The summed E-state index contributed by atoms with van der Waals surface area (Å²) in [6, 6.07) is 5.23. The van der Waals surface area contributed by atoms with Crippen LogP contribution in [0.25, 0.3) is 0 Å². The third kappa shape index (κ3) is 2.82. The maximum Gasteiger partial charge on any atom is 0.128 e.